The van der Waals surface area contributed by atoms with Crippen LogP contribution in [0.1, 0.15) is 17.9 Å². The molecule has 3 nitrogen and oxygen atoms in total. The van der Waals surface area contributed by atoms with E-state index in [4.69, 9.17) is 4.74 Å². The number of ether oxygens (including phenoxy) is 1. The van der Waals surface area contributed by atoms with Crippen molar-refractivity contribution in [3.8, 4) is 11.5 Å². The Balaban J connectivity index is 2.32. The first kappa shape index (κ1) is 9.34. The lowest BCUT2D eigenvalue weighted by Gasteiger charge is -2.13. The standard InChI is InChI=1S/C11H15NO2/c1-14-10-4-2-3-9(11(10)13)8-5-6-12-7-8/h2-4,8,12-13H,5-7H2,1H3. The predicted octanol–water partition coefficient (Wildman–Crippen LogP) is 1.48. The summed E-state index contributed by atoms with van der Waals surface area (Å²) in [5.74, 6) is 1.28. The molecule has 3 heteroatoms. The van der Waals surface area contributed by atoms with Gasteiger partial charge >= 0.3 is 0 Å². The van der Waals surface area contributed by atoms with E-state index in [0.29, 0.717) is 17.4 Å². The molecule has 1 aromatic carbocycles. The maximum atomic E-state index is 9.90. The Morgan fingerprint density at radius 1 is 1.50 bits per heavy atom. The second-order valence-corrected chi connectivity index (χ2v) is 3.59. The number of methoxy groups -OCH3 is 1. The summed E-state index contributed by atoms with van der Waals surface area (Å²) in [7, 11) is 1.58. The molecule has 0 spiro atoms. The lowest BCUT2D eigenvalue weighted by atomic mass is 9.97. The van der Waals surface area contributed by atoms with E-state index in [1.165, 1.54) is 0 Å². The van der Waals surface area contributed by atoms with Gasteiger partial charge in [0.1, 0.15) is 0 Å². The Bertz CT molecular complexity index is 319. The fraction of sp³-hybridized carbons (Fsp3) is 0.455. The van der Waals surface area contributed by atoms with Crippen molar-refractivity contribution in [1.82, 2.24) is 5.32 Å². The predicted molar refractivity (Wildman–Crippen MR) is 54.9 cm³/mol. The highest BCUT2D eigenvalue weighted by Crippen LogP contribution is 2.36. The van der Waals surface area contributed by atoms with Gasteiger partial charge in [-0.05, 0) is 19.0 Å². The van der Waals surface area contributed by atoms with E-state index in [1.54, 1.807) is 13.2 Å². The molecule has 1 aliphatic heterocycles. The van der Waals surface area contributed by atoms with Crippen LogP contribution >= 0.6 is 0 Å². The molecule has 14 heavy (non-hydrogen) atoms. The fourth-order valence-electron chi connectivity index (χ4n) is 1.95. The zero-order valence-electron chi connectivity index (χ0n) is 8.29. The largest absolute Gasteiger partial charge is 0.504 e. The molecule has 2 N–H and O–H groups in total. The average molecular weight is 193 g/mol. The Morgan fingerprint density at radius 2 is 2.36 bits per heavy atom. The Labute approximate surface area is 83.7 Å². The maximum Gasteiger partial charge on any atom is 0.161 e. The van der Waals surface area contributed by atoms with Crippen LogP contribution in [0, 0.1) is 0 Å². The molecule has 1 atom stereocenters. The molecule has 1 aromatic rings. The zero-order valence-corrected chi connectivity index (χ0v) is 8.29. The molecule has 0 bridgehead atoms. The summed E-state index contributed by atoms with van der Waals surface area (Å²) in [5.41, 5.74) is 0.995. The average Bonchev–Trinajstić information content (AvgIpc) is 2.71. The van der Waals surface area contributed by atoms with Crippen molar-refractivity contribution >= 4 is 0 Å². The summed E-state index contributed by atoms with van der Waals surface area (Å²) in [4.78, 5) is 0. The van der Waals surface area contributed by atoms with Gasteiger partial charge in [-0.1, -0.05) is 12.1 Å². The number of rotatable bonds is 2. The third-order valence-electron chi connectivity index (χ3n) is 2.75. The van der Waals surface area contributed by atoms with Crippen LogP contribution in [-0.4, -0.2) is 25.3 Å². The van der Waals surface area contributed by atoms with Crippen LogP contribution in [0.2, 0.25) is 0 Å². The minimum absolute atomic E-state index is 0.295. The smallest absolute Gasteiger partial charge is 0.161 e. The van der Waals surface area contributed by atoms with E-state index >= 15 is 0 Å². The van der Waals surface area contributed by atoms with Gasteiger partial charge in [0.05, 0.1) is 7.11 Å². The monoisotopic (exact) mass is 193 g/mol. The van der Waals surface area contributed by atoms with Crippen molar-refractivity contribution in [1.29, 1.82) is 0 Å². The lowest BCUT2D eigenvalue weighted by molar-refractivity contribution is 0.369. The Kier molecular flexibility index (Phi) is 2.59. The SMILES string of the molecule is COc1cccc(C2CCNC2)c1O. The summed E-state index contributed by atoms with van der Waals surface area (Å²) in [6, 6.07) is 5.67. The second kappa shape index (κ2) is 3.88. The van der Waals surface area contributed by atoms with Gasteiger partial charge in [0.2, 0.25) is 0 Å². The number of phenols is 1. The minimum atomic E-state index is 0.295. The van der Waals surface area contributed by atoms with Gasteiger partial charge in [0.15, 0.2) is 11.5 Å². The molecular formula is C11H15NO2. The van der Waals surface area contributed by atoms with Crippen molar-refractivity contribution in [2.75, 3.05) is 20.2 Å². The first-order valence-electron chi connectivity index (χ1n) is 4.89. The van der Waals surface area contributed by atoms with E-state index in [2.05, 4.69) is 5.32 Å². The number of hydrogen-bond acceptors (Lipinski definition) is 3. The van der Waals surface area contributed by atoms with E-state index in [9.17, 15) is 5.11 Å². The molecule has 1 fully saturated rings. The van der Waals surface area contributed by atoms with Crippen LogP contribution < -0.4 is 10.1 Å². The topological polar surface area (TPSA) is 41.5 Å². The lowest BCUT2D eigenvalue weighted by Crippen LogP contribution is -2.08. The van der Waals surface area contributed by atoms with Crippen molar-refractivity contribution in [2.24, 2.45) is 0 Å². The van der Waals surface area contributed by atoms with Crippen LogP contribution in [0.15, 0.2) is 18.2 Å². The van der Waals surface area contributed by atoms with Crippen LogP contribution in [-0.2, 0) is 0 Å². The highest BCUT2D eigenvalue weighted by molar-refractivity contribution is 5.47. The molecule has 1 unspecified atom stereocenters. The third kappa shape index (κ3) is 1.55. The van der Waals surface area contributed by atoms with E-state index in [0.717, 1.165) is 25.1 Å². The molecule has 2 rings (SSSR count). The van der Waals surface area contributed by atoms with Crippen molar-refractivity contribution in [3.63, 3.8) is 0 Å². The van der Waals surface area contributed by atoms with Crippen molar-refractivity contribution in [2.45, 2.75) is 12.3 Å². The highest BCUT2D eigenvalue weighted by Gasteiger charge is 2.20. The van der Waals surface area contributed by atoms with Crippen LogP contribution in [0.4, 0.5) is 0 Å². The Morgan fingerprint density at radius 3 is 3.00 bits per heavy atom. The molecule has 76 valence electrons. The molecule has 1 saturated heterocycles. The van der Waals surface area contributed by atoms with Crippen LogP contribution in [0.3, 0.4) is 0 Å². The molecule has 0 radical (unpaired) electrons. The zero-order chi connectivity index (χ0) is 9.97. The molecule has 1 aliphatic rings. The molecule has 0 aliphatic carbocycles. The molecule has 1 heterocycles. The number of para-hydroxylation sites is 1. The van der Waals surface area contributed by atoms with Crippen LogP contribution in [0.25, 0.3) is 0 Å². The molecule has 0 saturated carbocycles. The summed E-state index contributed by atoms with van der Waals surface area (Å²) in [6.45, 7) is 1.97. The fourth-order valence-corrected chi connectivity index (χ4v) is 1.95. The Hall–Kier alpha value is -1.22. The highest BCUT2D eigenvalue weighted by atomic mass is 16.5. The summed E-state index contributed by atoms with van der Waals surface area (Å²) >= 11 is 0. The number of nitrogens with one attached hydrogen (secondary N) is 1. The number of hydrogen-bond donors (Lipinski definition) is 2. The minimum Gasteiger partial charge on any atom is -0.504 e. The summed E-state index contributed by atoms with van der Waals surface area (Å²) in [6.07, 6.45) is 1.08. The number of aromatic hydroxyl groups is 1. The maximum absolute atomic E-state index is 9.90. The third-order valence-corrected chi connectivity index (χ3v) is 2.75. The molecular weight excluding hydrogens is 178 g/mol. The van der Waals surface area contributed by atoms with E-state index in [1.807, 2.05) is 12.1 Å². The first-order chi connectivity index (χ1) is 6.83. The molecule has 0 amide bonds. The quantitative estimate of drug-likeness (QED) is 0.747. The number of benzene rings is 1. The van der Waals surface area contributed by atoms with Crippen molar-refractivity contribution < 1.29 is 9.84 Å². The van der Waals surface area contributed by atoms with E-state index in [-0.39, 0.29) is 0 Å². The summed E-state index contributed by atoms with van der Waals surface area (Å²) < 4.78 is 5.07. The van der Waals surface area contributed by atoms with Gasteiger partial charge in [-0.25, -0.2) is 0 Å². The van der Waals surface area contributed by atoms with Gasteiger partial charge in [-0.2, -0.15) is 0 Å². The van der Waals surface area contributed by atoms with Crippen LogP contribution in [0.5, 0.6) is 11.5 Å². The van der Waals surface area contributed by atoms with Gasteiger partial charge in [-0.3, -0.25) is 0 Å². The summed E-state index contributed by atoms with van der Waals surface area (Å²) in [5, 5.41) is 13.2. The van der Waals surface area contributed by atoms with Crippen molar-refractivity contribution in [3.05, 3.63) is 23.8 Å². The first-order valence-corrected chi connectivity index (χ1v) is 4.89. The molecule has 0 aromatic heterocycles. The van der Waals surface area contributed by atoms with Gasteiger partial charge in [0, 0.05) is 18.0 Å². The van der Waals surface area contributed by atoms with Gasteiger partial charge in [-0.15, -0.1) is 0 Å². The van der Waals surface area contributed by atoms with Gasteiger partial charge < -0.3 is 15.2 Å². The normalized spacial score (nSPS) is 21.1. The second-order valence-electron chi connectivity index (χ2n) is 3.59. The van der Waals surface area contributed by atoms with Gasteiger partial charge in [0.25, 0.3) is 0 Å². The number of phenolic OH excluding ortho intramolecular Hbond substituents is 1. The van der Waals surface area contributed by atoms with E-state index < -0.39 is 0 Å².